The second-order valence-corrected chi connectivity index (χ2v) is 4.33. The Balaban J connectivity index is 2.61. The third-order valence-electron chi connectivity index (χ3n) is 2.19. The lowest BCUT2D eigenvalue weighted by molar-refractivity contribution is -0.117. The number of ether oxygens (including phenoxy) is 1. The lowest BCUT2D eigenvalue weighted by atomic mass is 10.1. The Morgan fingerprint density at radius 1 is 1.59 bits per heavy atom. The van der Waals surface area contributed by atoms with Gasteiger partial charge in [-0.05, 0) is 23.8 Å². The molecule has 3 nitrogen and oxygen atoms in total. The first-order chi connectivity index (χ1) is 8.17. The topological polar surface area (TPSA) is 38.3 Å². The third-order valence-corrected chi connectivity index (χ3v) is 2.96. The van der Waals surface area contributed by atoms with Crippen molar-refractivity contribution in [1.82, 2.24) is 5.32 Å². The summed E-state index contributed by atoms with van der Waals surface area (Å²) in [4.78, 5) is 11.6. The van der Waals surface area contributed by atoms with E-state index in [2.05, 4.69) is 27.2 Å². The Morgan fingerprint density at radius 2 is 2.35 bits per heavy atom. The van der Waals surface area contributed by atoms with Gasteiger partial charge in [0.05, 0.1) is 20.2 Å². The number of hydrogen-bond donors (Lipinski definition) is 1. The number of carbonyl (C=O) groups is 1. The molecule has 0 fully saturated rings. The van der Waals surface area contributed by atoms with Gasteiger partial charge < -0.3 is 4.74 Å². The highest BCUT2D eigenvalue weighted by atomic mass is 79.9. The second-order valence-electron chi connectivity index (χ2n) is 3.48. The highest BCUT2D eigenvalue weighted by Crippen LogP contribution is 2.22. The average molecular weight is 296 g/mol. The Labute approximate surface area is 110 Å². The predicted molar refractivity (Wildman–Crippen MR) is 71.1 cm³/mol. The summed E-state index contributed by atoms with van der Waals surface area (Å²) in [5.41, 5.74) is 0.914. The number of ketones is 1. The van der Waals surface area contributed by atoms with E-state index in [-0.39, 0.29) is 12.3 Å². The maximum atomic E-state index is 11.6. The number of benzene rings is 1. The highest BCUT2D eigenvalue weighted by molar-refractivity contribution is 9.10. The summed E-state index contributed by atoms with van der Waals surface area (Å²) in [6, 6.07) is 5.56. The summed E-state index contributed by atoms with van der Waals surface area (Å²) in [5, 5.41) is 2.87. The van der Waals surface area contributed by atoms with Crippen molar-refractivity contribution in [3.05, 3.63) is 28.2 Å². The van der Waals surface area contributed by atoms with E-state index in [1.54, 1.807) is 7.11 Å². The van der Waals surface area contributed by atoms with Gasteiger partial charge in [0.15, 0.2) is 5.78 Å². The molecule has 0 aliphatic heterocycles. The molecule has 0 spiro atoms. The SMILES string of the molecule is C#CCNCC(=O)Cc1cc(OC)ccc1Br. The van der Waals surface area contributed by atoms with Gasteiger partial charge in [0, 0.05) is 10.9 Å². The van der Waals surface area contributed by atoms with Gasteiger partial charge in [-0.15, -0.1) is 6.42 Å². The molecule has 17 heavy (non-hydrogen) atoms. The Bertz CT molecular complexity index is 438. The summed E-state index contributed by atoms with van der Waals surface area (Å²) in [5.74, 6) is 3.26. The molecule has 0 saturated carbocycles. The van der Waals surface area contributed by atoms with Crippen molar-refractivity contribution in [3.8, 4) is 18.1 Å². The largest absolute Gasteiger partial charge is 0.497 e. The molecular weight excluding hydrogens is 282 g/mol. The van der Waals surface area contributed by atoms with Crippen LogP contribution >= 0.6 is 15.9 Å². The van der Waals surface area contributed by atoms with Crippen molar-refractivity contribution in [2.24, 2.45) is 0 Å². The molecule has 4 heteroatoms. The number of methoxy groups -OCH3 is 1. The van der Waals surface area contributed by atoms with Gasteiger partial charge in [0.1, 0.15) is 5.75 Å². The first-order valence-corrected chi connectivity index (χ1v) is 5.95. The van der Waals surface area contributed by atoms with Gasteiger partial charge in [-0.2, -0.15) is 0 Å². The van der Waals surface area contributed by atoms with Crippen LogP contribution in [0.25, 0.3) is 0 Å². The molecule has 0 atom stereocenters. The van der Waals surface area contributed by atoms with Crippen LogP contribution in [0.3, 0.4) is 0 Å². The summed E-state index contributed by atoms with van der Waals surface area (Å²) >= 11 is 3.41. The molecule has 0 aliphatic rings. The van der Waals surface area contributed by atoms with Crippen LogP contribution in [0, 0.1) is 12.3 Å². The summed E-state index contributed by atoms with van der Waals surface area (Å²) in [6.45, 7) is 0.693. The normalized spacial score (nSPS) is 9.71. The fraction of sp³-hybridized carbons (Fsp3) is 0.308. The third kappa shape index (κ3) is 4.59. The molecule has 0 saturated heterocycles. The lowest BCUT2D eigenvalue weighted by Gasteiger charge is -2.07. The molecule has 0 aromatic heterocycles. The molecule has 1 aromatic carbocycles. The minimum Gasteiger partial charge on any atom is -0.497 e. The van der Waals surface area contributed by atoms with Crippen molar-refractivity contribution in [2.45, 2.75) is 6.42 Å². The van der Waals surface area contributed by atoms with Crippen LogP contribution < -0.4 is 10.1 Å². The van der Waals surface area contributed by atoms with Crippen molar-refractivity contribution in [3.63, 3.8) is 0 Å². The van der Waals surface area contributed by atoms with Crippen molar-refractivity contribution in [1.29, 1.82) is 0 Å². The maximum Gasteiger partial charge on any atom is 0.151 e. The Hall–Kier alpha value is -1.31. The van der Waals surface area contributed by atoms with Crippen LogP contribution in [-0.2, 0) is 11.2 Å². The van der Waals surface area contributed by atoms with Crippen LogP contribution in [-0.4, -0.2) is 26.0 Å². The highest BCUT2D eigenvalue weighted by Gasteiger charge is 2.07. The number of hydrogen-bond acceptors (Lipinski definition) is 3. The average Bonchev–Trinajstić information content (AvgIpc) is 2.32. The Morgan fingerprint density at radius 3 is 3.00 bits per heavy atom. The van der Waals surface area contributed by atoms with Gasteiger partial charge >= 0.3 is 0 Å². The van der Waals surface area contributed by atoms with E-state index < -0.39 is 0 Å². The first kappa shape index (κ1) is 13.8. The number of halogens is 1. The van der Waals surface area contributed by atoms with Gasteiger partial charge in [-0.25, -0.2) is 0 Å². The van der Waals surface area contributed by atoms with Gasteiger partial charge in [0.2, 0.25) is 0 Å². The minimum absolute atomic E-state index is 0.0919. The van der Waals surface area contributed by atoms with Gasteiger partial charge in [0.25, 0.3) is 0 Å². The molecular formula is C13H14BrNO2. The number of carbonyl (C=O) groups excluding carboxylic acids is 1. The molecule has 0 unspecified atom stereocenters. The second kappa shape index (κ2) is 7.10. The van der Waals surface area contributed by atoms with E-state index in [4.69, 9.17) is 11.2 Å². The quantitative estimate of drug-likeness (QED) is 0.642. The van der Waals surface area contributed by atoms with Crippen molar-refractivity contribution in [2.75, 3.05) is 20.2 Å². The van der Waals surface area contributed by atoms with Crippen LogP contribution in [0.2, 0.25) is 0 Å². The fourth-order valence-corrected chi connectivity index (χ4v) is 1.75. The number of Topliss-reactive ketones (excluding diaryl/α,β-unsaturated/α-hetero) is 1. The molecule has 0 bridgehead atoms. The van der Waals surface area contributed by atoms with E-state index in [0.717, 1.165) is 15.8 Å². The van der Waals surface area contributed by atoms with E-state index in [0.29, 0.717) is 13.0 Å². The molecule has 0 amide bonds. The van der Waals surface area contributed by atoms with E-state index >= 15 is 0 Å². The number of rotatable bonds is 6. The lowest BCUT2D eigenvalue weighted by Crippen LogP contribution is -2.24. The van der Waals surface area contributed by atoms with Crippen LogP contribution in [0.15, 0.2) is 22.7 Å². The van der Waals surface area contributed by atoms with Gasteiger partial charge in [-0.1, -0.05) is 21.9 Å². The van der Waals surface area contributed by atoms with E-state index in [1.807, 2.05) is 18.2 Å². The smallest absolute Gasteiger partial charge is 0.151 e. The predicted octanol–water partition coefficient (Wildman–Crippen LogP) is 1.79. The fourth-order valence-electron chi connectivity index (χ4n) is 1.36. The Kier molecular flexibility index (Phi) is 5.75. The van der Waals surface area contributed by atoms with E-state index in [9.17, 15) is 4.79 Å². The van der Waals surface area contributed by atoms with E-state index in [1.165, 1.54) is 0 Å². The molecule has 0 aliphatic carbocycles. The summed E-state index contributed by atoms with van der Waals surface area (Å²) in [6.07, 6.45) is 5.44. The zero-order valence-corrected chi connectivity index (χ0v) is 11.2. The van der Waals surface area contributed by atoms with Crippen LogP contribution in [0.5, 0.6) is 5.75 Å². The number of terminal acetylenes is 1. The zero-order chi connectivity index (χ0) is 12.7. The van der Waals surface area contributed by atoms with Crippen LogP contribution in [0.1, 0.15) is 5.56 Å². The molecule has 1 N–H and O–H groups in total. The van der Waals surface area contributed by atoms with Crippen LogP contribution in [0.4, 0.5) is 0 Å². The zero-order valence-electron chi connectivity index (χ0n) is 9.63. The van der Waals surface area contributed by atoms with Crippen molar-refractivity contribution < 1.29 is 9.53 Å². The minimum atomic E-state index is 0.0919. The number of nitrogens with one attached hydrogen (secondary N) is 1. The van der Waals surface area contributed by atoms with Crippen molar-refractivity contribution >= 4 is 21.7 Å². The molecule has 0 radical (unpaired) electrons. The summed E-state index contributed by atoms with van der Waals surface area (Å²) in [7, 11) is 1.60. The van der Waals surface area contributed by atoms with Gasteiger partial charge in [-0.3, -0.25) is 10.1 Å². The maximum absolute atomic E-state index is 11.6. The monoisotopic (exact) mass is 295 g/mol. The molecule has 0 heterocycles. The first-order valence-electron chi connectivity index (χ1n) is 5.15. The summed E-state index contributed by atoms with van der Waals surface area (Å²) < 4.78 is 6.02. The molecule has 1 aromatic rings. The molecule has 90 valence electrons. The molecule has 1 rings (SSSR count). The standard InChI is InChI=1S/C13H14BrNO2/c1-3-6-15-9-11(16)7-10-8-12(17-2)4-5-13(10)14/h1,4-5,8,15H,6-7,9H2,2H3.